The molecule has 2 aromatic rings. The normalized spacial score (nSPS) is 23.1. The number of aromatic nitrogens is 3. The molecule has 0 saturated heterocycles. The van der Waals surface area contributed by atoms with E-state index in [0.717, 1.165) is 30.7 Å². The predicted octanol–water partition coefficient (Wildman–Crippen LogP) is 2.70. The Bertz CT molecular complexity index is 803. The minimum absolute atomic E-state index is 0.0478. The fourth-order valence-electron chi connectivity index (χ4n) is 3.80. The Morgan fingerprint density at radius 2 is 2.00 bits per heavy atom. The van der Waals surface area contributed by atoms with Crippen LogP contribution in [0.5, 0.6) is 0 Å². The summed E-state index contributed by atoms with van der Waals surface area (Å²) >= 11 is 0. The number of nitrogens with zero attached hydrogens (tertiary/aromatic N) is 3. The molecule has 1 fully saturated rings. The van der Waals surface area contributed by atoms with E-state index in [0.29, 0.717) is 5.56 Å². The Labute approximate surface area is 148 Å². The molecule has 6 heteroatoms. The van der Waals surface area contributed by atoms with Crippen molar-refractivity contribution < 1.29 is 9.90 Å². The van der Waals surface area contributed by atoms with Crippen LogP contribution in [0.4, 0.5) is 0 Å². The number of rotatable bonds is 3. The number of nitrogens with one attached hydrogen (secondary N) is 1. The van der Waals surface area contributed by atoms with Gasteiger partial charge in [-0.05, 0) is 30.4 Å². The number of hydrogen-bond acceptors (Lipinski definition) is 4. The van der Waals surface area contributed by atoms with Gasteiger partial charge < -0.3 is 10.4 Å². The molecule has 1 atom stereocenters. The standard InChI is InChI=1S/C19H28N4O2/c1-17(2,3)16-22-21-14-8-7-13(11-23(14)16)15(25)20-19(12-24)10-6-9-18(19,4)5/h7-8,11,24H,6,9-10,12H2,1-5H3,(H,20,25). The van der Waals surface area contributed by atoms with E-state index in [1.807, 2.05) is 10.5 Å². The van der Waals surface area contributed by atoms with Crippen molar-refractivity contribution in [2.24, 2.45) is 5.41 Å². The van der Waals surface area contributed by atoms with Gasteiger partial charge in [-0.2, -0.15) is 0 Å². The van der Waals surface area contributed by atoms with Crippen molar-refractivity contribution >= 4 is 11.6 Å². The van der Waals surface area contributed by atoms with Gasteiger partial charge in [-0.1, -0.05) is 41.0 Å². The molecule has 2 heterocycles. The molecule has 1 aliphatic carbocycles. The maximum Gasteiger partial charge on any atom is 0.253 e. The van der Waals surface area contributed by atoms with Gasteiger partial charge in [0.15, 0.2) is 5.65 Å². The number of aliphatic hydroxyl groups is 1. The minimum Gasteiger partial charge on any atom is -0.394 e. The number of amides is 1. The smallest absolute Gasteiger partial charge is 0.253 e. The van der Waals surface area contributed by atoms with Gasteiger partial charge in [0.1, 0.15) is 5.82 Å². The van der Waals surface area contributed by atoms with Gasteiger partial charge in [-0.3, -0.25) is 9.20 Å². The highest BCUT2D eigenvalue weighted by atomic mass is 16.3. The van der Waals surface area contributed by atoms with Crippen LogP contribution in [0.1, 0.15) is 70.1 Å². The van der Waals surface area contributed by atoms with Crippen molar-refractivity contribution in [3.8, 4) is 0 Å². The van der Waals surface area contributed by atoms with Crippen molar-refractivity contribution in [1.82, 2.24) is 19.9 Å². The third kappa shape index (κ3) is 2.92. The second kappa shape index (κ2) is 5.80. The summed E-state index contributed by atoms with van der Waals surface area (Å²) in [6.45, 7) is 10.4. The maximum atomic E-state index is 12.9. The van der Waals surface area contributed by atoms with Crippen LogP contribution in [0.3, 0.4) is 0 Å². The van der Waals surface area contributed by atoms with Crippen LogP contribution in [-0.4, -0.2) is 37.8 Å². The second-order valence-corrected chi connectivity index (χ2v) is 8.85. The zero-order valence-corrected chi connectivity index (χ0v) is 15.8. The molecule has 0 aliphatic heterocycles. The van der Waals surface area contributed by atoms with E-state index in [4.69, 9.17) is 0 Å². The first-order valence-corrected chi connectivity index (χ1v) is 8.88. The Morgan fingerprint density at radius 1 is 1.28 bits per heavy atom. The number of pyridine rings is 1. The quantitative estimate of drug-likeness (QED) is 0.897. The lowest BCUT2D eigenvalue weighted by Gasteiger charge is -2.41. The van der Waals surface area contributed by atoms with Gasteiger partial charge in [0, 0.05) is 11.6 Å². The van der Waals surface area contributed by atoms with Gasteiger partial charge in [0.05, 0.1) is 17.7 Å². The van der Waals surface area contributed by atoms with Gasteiger partial charge >= 0.3 is 0 Å². The van der Waals surface area contributed by atoms with Crippen molar-refractivity contribution in [3.05, 3.63) is 29.7 Å². The second-order valence-electron chi connectivity index (χ2n) is 8.85. The maximum absolute atomic E-state index is 12.9. The Balaban J connectivity index is 1.95. The summed E-state index contributed by atoms with van der Waals surface area (Å²) in [6, 6.07) is 3.57. The zero-order chi connectivity index (χ0) is 18.5. The minimum atomic E-state index is -0.570. The lowest BCUT2D eigenvalue weighted by molar-refractivity contribution is 0.0576. The third-order valence-electron chi connectivity index (χ3n) is 5.66. The molecule has 0 radical (unpaired) electrons. The molecule has 1 unspecified atom stereocenters. The molecule has 3 rings (SSSR count). The molecule has 2 aromatic heterocycles. The fourth-order valence-corrected chi connectivity index (χ4v) is 3.80. The SMILES string of the molecule is CC(C)(C)c1nnc2ccc(C(=O)NC3(CO)CCCC3(C)C)cn12. The largest absolute Gasteiger partial charge is 0.394 e. The predicted molar refractivity (Wildman–Crippen MR) is 96.6 cm³/mol. The highest BCUT2D eigenvalue weighted by molar-refractivity contribution is 5.94. The lowest BCUT2D eigenvalue weighted by atomic mass is 9.75. The van der Waals surface area contributed by atoms with Crippen LogP contribution >= 0.6 is 0 Å². The van der Waals surface area contributed by atoms with Gasteiger partial charge in [-0.25, -0.2) is 0 Å². The molecule has 1 saturated carbocycles. The average Bonchev–Trinajstić information content (AvgIpc) is 3.07. The highest BCUT2D eigenvalue weighted by Crippen LogP contribution is 2.45. The molecule has 2 N–H and O–H groups in total. The summed E-state index contributed by atoms with van der Waals surface area (Å²) in [6.07, 6.45) is 4.58. The summed E-state index contributed by atoms with van der Waals surface area (Å²) in [7, 11) is 0. The highest BCUT2D eigenvalue weighted by Gasteiger charge is 2.49. The third-order valence-corrected chi connectivity index (χ3v) is 5.66. The summed E-state index contributed by atoms with van der Waals surface area (Å²) in [5.74, 6) is 0.648. The number of fused-ring (bicyclic) bond motifs is 1. The number of carbonyl (C=O) groups excluding carboxylic acids is 1. The van der Waals surface area contributed by atoms with Crippen molar-refractivity contribution in [2.75, 3.05) is 6.61 Å². The molecular formula is C19H28N4O2. The fraction of sp³-hybridized carbons (Fsp3) is 0.632. The van der Waals surface area contributed by atoms with E-state index in [-0.39, 0.29) is 23.3 Å². The molecule has 1 amide bonds. The number of aliphatic hydroxyl groups excluding tert-OH is 1. The van der Waals surface area contributed by atoms with Crippen LogP contribution in [0, 0.1) is 5.41 Å². The van der Waals surface area contributed by atoms with Crippen molar-refractivity contribution in [2.45, 2.75) is 64.8 Å². The summed E-state index contributed by atoms with van der Waals surface area (Å²) in [4.78, 5) is 12.9. The number of hydrogen-bond donors (Lipinski definition) is 2. The van der Waals surface area contributed by atoms with E-state index in [2.05, 4.69) is 50.1 Å². The Morgan fingerprint density at radius 3 is 2.56 bits per heavy atom. The summed E-state index contributed by atoms with van der Waals surface area (Å²) in [5, 5.41) is 21.6. The van der Waals surface area contributed by atoms with Gasteiger partial charge in [-0.15, -0.1) is 10.2 Å². The molecule has 25 heavy (non-hydrogen) atoms. The van der Waals surface area contributed by atoms with E-state index >= 15 is 0 Å². The first kappa shape index (κ1) is 17.9. The van der Waals surface area contributed by atoms with E-state index in [9.17, 15) is 9.90 Å². The average molecular weight is 344 g/mol. The summed E-state index contributed by atoms with van der Waals surface area (Å²) < 4.78 is 1.88. The van der Waals surface area contributed by atoms with Gasteiger partial charge in [0.2, 0.25) is 0 Å². The van der Waals surface area contributed by atoms with E-state index in [1.54, 1.807) is 12.3 Å². The topological polar surface area (TPSA) is 79.5 Å². The van der Waals surface area contributed by atoms with Crippen LogP contribution in [0.15, 0.2) is 18.3 Å². The van der Waals surface area contributed by atoms with E-state index in [1.165, 1.54) is 0 Å². The Kier molecular flexibility index (Phi) is 4.14. The first-order chi connectivity index (χ1) is 11.6. The molecule has 0 bridgehead atoms. The lowest BCUT2D eigenvalue weighted by Crippen LogP contribution is -2.57. The van der Waals surface area contributed by atoms with Crippen molar-refractivity contribution in [3.63, 3.8) is 0 Å². The van der Waals surface area contributed by atoms with Crippen LogP contribution in [-0.2, 0) is 5.41 Å². The number of carbonyl (C=O) groups is 1. The zero-order valence-electron chi connectivity index (χ0n) is 15.8. The molecule has 1 aliphatic rings. The molecule has 6 nitrogen and oxygen atoms in total. The Hall–Kier alpha value is -1.95. The molecule has 0 aromatic carbocycles. The molecule has 0 spiro atoms. The van der Waals surface area contributed by atoms with Gasteiger partial charge in [0.25, 0.3) is 5.91 Å². The first-order valence-electron chi connectivity index (χ1n) is 8.88. The molecule has 136 valence electrons. The monoisotopic (exact) mass is 344 g/mol. The van der Waals surface area contributed by atoms with Crippen LogP contribution in [0.2, 0.25) is 0 Å². The van der Waals surface area contributed by atoms with E-state index < -0.39 is 5.54 Å². The van der Waals surface area contributed by atoms with Crippen molar-refractivity contribution in [1.29, 1.82) is 0 Å². The van der Waals surface area contributed by atoms with Crippen LogP contribution in [0.25, 0.3) is 5.65 Å². The van der Waals surface area contributed by atoms with Crippen LogP contribution < -0.4 is 5.32 Å². The summed E-state index contributed by atoms with van der Waals surface area (Å²) in [5.41, 5.74) is 0.398. The molecular weight excluding hydrogens is 316 g/mol.